The molecule has 0 atom stereocenters. The van der Waals surface area contributed by atoms with Crippen molar-refractivity contribution in [3.8, 4) is 67.2 Å². The quantitative estimate of drug-likeness (QED) is 0.167. The van der Waals surface area contributed by atoms with Gasteiger partial charge in [-0.3, -0.25) is 0 Å². The summed E-state index contributed by atoms with van der Waals surface area (Å²) in [5, 5.41) is 5.31. The van der Waals surface area contributed by atoms with Gasteiger partial charge in [0.2, 0.25) is 0 Å². The minimum absolute atomic E-state index is 0.785. The zero-order chi connectivity index (χ0) is 34.8. The summed E-state index contributed by atoms with van der Waals surface area (Å²) in [6.45, 7) is 4.84. The van der Waals surface area contributed by atoms with Crippen LogP contribution in [0.25, 0.3) is 87.3 Å². The van der Waals surface area contributed by atoms with E-state index in [0.717, 1.165) is 28.2 Å². The monoisotopic (exact) mass is 698 g/mol. The highest BCUT2D eigenvalue weighted by molar-refractivity contribution is 7.26. The number of rotatable bonds is 5. The van der Waals surface area contributed by atoms with Crippen LogP contribution in [0, 0.1) is 0 Å². The molecular weight excluding hydrogens is 665 g/mol. The zero-order valence-corrected chi connectivity index (χ0v) is 30.8. The number of benzene rings is 7. The second-order valence-corrected chi connectivity index (χ2v) is 19.5. The Morgan fingerprint density at radius 3 is 1.83 bits per heavy atom. The summed E-state index contributed by atoms with van der Waals surface area (Å²) in [6, 6.07) is 61.4. The van der Waals surface area contributed by atoms with E-state index in [9.17, 15) is 0 Å². The van der Waals surface area contributed by atoms with Gasteiger partial charge in [-0.15, -0.1) is 11.3 Å². The number of thiophene rings is 1. The van der Waals surface area contributed by atoms with Crippen molar-refractivity contribution in [1.29, 1.82) is 0 Å². The third-order valence-corrected chi connectivity index (χ3v) is 15.2. The molecular formula is C48H34N2SSi. The molecule has 0 unspecified atom stereocenters. The Kier molecular flexibility index (Phi) is 7.17. The van der Waals surface area contributed by atoms with Gasteiger partial charge in [0, 0.05) is 42.2 Å². The highest BCUT2D eigenvalue weighted by atomic mass is 32.1. The first kappa shape index (κ1) is 30.8. The standard InChI is InChI=1S/C48H34N2SSi/c1-52(2)43-24-9-7-20-41(43)44-45(33-13-4-3-5-14-33)49-47(50-48(44)52)37-18-11-17-36(30-37)35-16-10-15-34(29-35)31-25-27-32(28-26-31)38-21-12-22-40-39-19-6-8-23-42(39)51-46(38)40/h3-30H,1-2H3. The fourth-order valence-corrected chi connectivity index (χ4v) is 12.2. The fraction of sp³-hybridized carbons (Fsp3) is 0.0417. The summed E-state index contributed by atoms with van der Waals surface area (Å²) >= 11 is 1.88. The van der Waals surface area contributed by atoms with Crippen LogP contribution in [0.2, 0.25) is 13.1 Å². The Bertz CT molecular complexity index is 2820. The molecule has 1 aliphatic rings. The van der Waals surface area contributed by atoms with E-state index in [2.05, 4.69) is 183 Å². The normalized spacial score (nSPS) is 13.0. The highest BCUT2D eigenvalue weighted by Gasteiger charge is 2.41. The van der Waals surface area contributed by atoms with E-state index < -0.39 is 8.07 Å². The Balaban J connectivity index is 1.01. The molecule has 0 N–H and O–H groups in total. The lowest BCUT2D eigenvalue weighted by Crippen LogP contribution is -2.50. The van der Waals surface area contributed by atoms with Gasteiger partial charge < -0.3 is 0 Å². The predicted molar refractivity (Wildman–Crippen MR) is 224 cm³/mol. The molecule has 0 aliphatic carbocycles. The van der Waals surface area contributed by atoms with Gasteiger partial charge in [0.05, 0.1) is 5.69 Å². The Hall–Kier alpha value is -5.94. The molecule has 3 heterocycles. The summed E-state index contributed by atoms with van der Waals surface area (Å²) in [4.78, 5) is 10.7. The van der Waals surface area contributed by atoms with Crippen LogP contribution in [0.3, 0.4) is 0 Å². The molecule has 0 spiro atoms. The van der Waals surface area contributed by atoms with Crippen molar-refractivity contribution in [2.24, 2.45) is 0 Å². The van der Waals surface area contributed by atoms with Crippen LogP contribution in [0.4, 0.5) is 0 Å². The average molecular weight is 699 g/mol. The maximum Gasteiger partial charge on any atom is 0.159 e. The number of hydrogen-bond donors (Lipinski definition) is 0. The smallest absolute Gasteiger partial charge is 0.159 e. The van der Waals surface area contributed by atoms with E-state index in [1.54, 1.807) is 0 Å². The molecule has 0 amide bonds. The second-order valence-electron chi connectivity index (χ2n) is 14.2. The van der Waals surface area contributed by atoms with Crippen LogP contribution < -0.4 is 10.5 Å². The van der Waals surface area contributed by atoms with Gasteiger partial charge in [0.25, 0.3) is 0 Å². The van der Waals surface area contributed by atoms with E-state index in [-0.39, 0.29) is 0 Å². The van der Waals surface area contributed by atoms with Gasteiger partial charge >= 0.3 is 0 Å². The number of fused-ring (bicyclic) bond motifs is 6. The molecule has 0 bridgehead atoms. The minimum Gasteiger partial charge on any atom is -0.237 e. The lowest BCUT2D eigenvalue weighted by molar-refractivity contribution is 1.21. The van der Waals surface area contributed by atoms with Gasteiger partial charge in [0.1, 0.15) is 8.07 Å². The molecule has 246 valence electrons. The molecule has 1 aliphatic heterocycles. The lowest BCUT2D eigenvalue weighted by Gasteiger charge is -2.19. The summed E-state index contributed by atoms with van der Waals surface area (Å²) < 4.78 is 2.68. The van der Waals surface area contributed by atoms with Crippen molar-refractivity contribution < 1.29 is 0 Å². The summed E-state index contributed by atoms with van der Waals surface area (Å²) in [5.41, 5.74) is 12.9. The maximum atomic E-state index is 5.39. The topological polar surface area (TPSA) is 25.8 Å². The third kappa shape index (κ3) is 4.98. The zero-order valence-electron chi connectivity index (χ0n) is 29.0. The van der Waals surface area contributed by atoms with Gasteiger partial charge in [-0.05, 0) is 62.3 Å². The molecule has 9 aromatic rings. The van der Waals surface area contributed by atoms with Gasteiger partial charge in [-0.1, -0.05) is 165 Å². The molecule has 0 radical (unpaired) electrons. The van der Waals surface area contributed by atoms with E-state index >= 15 is 0 Å². The first-order chi connectivity index (χ1) is 25.5. The van der Waals surface area contributed by atoms with E-state index in [1.165, 1.54) is 69.6 Å². The molecule has 7 aromatic carbocycles. The fourth-order valence-electron chi connectivity index (χ4n) is 8.01. The van der Waals surface area contributed by atoms with Crippen LogP contribution >= 0.6 is 11.3 Å². The lowest BCUT2D eigenvalue weighted by atomic mass is 9.96. The highest BCUT2D eigenvalue weighted by Crippen LogP contribution is 2.41. The van der Waals surface area contributed by atoms with E-state index in [0.29, 0.717) is 0 Å². The van der Waals surface area contributed by atoms with Crippen molar-refractivity contribution in [3.63, 3.8) is 0 Å². The molecule has 2 aromatic heterocycles. The Morgan fingerprint density at radius 1 is 0.442 bits per heavy atom. The molecule has 0 saturated carbocycles. The van der Waals surface area contributed by atoms with Crippen LogP contribution in [0.5, 0.6) is 0 Å². The van der Waals surface area contributed by atoms with Crippen molar-refractivity contribution in [3.05, 3.63) is 170 Å². The van der Waals surface area contributed by atoms with Gasteiger partial charge in [0.15, 0.2) is 5.82 Å². The van der Waals surface area contributed by atoms with Crippen LogP contribution in [0.15, 0.2) is 170 Å². The molecule has 4 heteroatoms. The molecule has 0 fully saturated rings. The van der Waals surface area contributed by atoms with E-state index in [1.807, 2.05) is 11.3 Å². The molecule has 2 nitrogen and oxygen atoms in total. The SMILES string of the molecule is C[Si]1(C)c2ccccc2-c2c(-c3ccccc3)nc(-c3cccc(-c4cccc(-c5ccc(-c6cccc7c6sc6ccccc67)cc5)c4)c3)nc21. The Labute approximate surface area is 308 Å². The van der Waals surface area contributed by atoms with Crippen molar-refractivity contribution in [1.82, 2.24) is 9.97 Å². The van der Waals surface area contributed by atoms with Crippen LogP contribution in [-0.4, -0.2) is 18.0 Å². The predicted octanol–water partition coefficient (Wildman–Crippen LogP) is 12.0. The summed E-state index contributed by atoms with van der Waals surface area (Å²) in [5.74, 6) is 0.785. The first-order valence-electron chi connectivity index (χ1n) is 17.8. The van der Waals surface area contributed by atoms with Gasteiger partial charge in [-0.2, -0.15) is 0 Å². The van der Waals surface area contributed by atoms with Gasteiger partial charge in [-0.25, -0.2) is 9.97 Å². The molecule has 0 saturated heterocycles. The molecule has 10 rings (SSSR count). The maximum absolute atomic E-state index is 5.39. The van der Waals surface area contributed by atoms with Crippen LogP contribution in [-0.2, 0) is 0 Å². The number of aromatic nitrogens is 2. The number of hydrogen-bond acceptors (Lipinski definition) is 3. The third-order valence-electron chi connectivity index (χ3n) is 10.7. The molecule has 52 heavy (non-hydrogen) atoms. The summed E-state index contributed by atoms with van der Waals surface area (Å²) in [6.07, 6.45) is 0. The average Bonchev–Trinajstić information content (AvgIpc) is 3.70. The second kappa shape index (κ2) is 12.1. The van der Waals surface area contributed by atoms with Crippen molar-refractivity contribution in [2.45, 2.75) is 13.1 Å². The Morgan fingerprint density at radius 2 is 1.02 bits per heavy atom. The van der Waals surface area contributed by atoms with Crippen molar-refractivity contribution in [2.75, 3.05) is 0 Å². The minimum atomic E-state index is -2.03. The van der Waals surface area contributed by atoms with E-state index in [4.69, 9.17) is 9.97 Å². The first-order valence-corrected chi connectivity index (χ1v) is 21.6. The largest absolute Gasteiger partial charge is 0.237 e. The number of nitrogens with zero attached hydrogens (tertiary/aromatic N) is 2. The van der Waals surface area contributed by atoms with Crippen molar-refractivity contribution >= 4 is 50.1 Å². The summed E-state index contributed by atoms with van der Waals surface area (Å²) in [7, 11) is -2.03. The van der Waals surface area contributed by atoms with Crippen LogP contribution in [0.1, 0.15) is 0 Å².